The van der Waals surface area contributed by atoms with Crippen LogP contribution in [0.3, 0.4) is 0 Å². The molecule has 0 aliphatic carbocycles. The van der Waals surface area contributed by atoms with Gasteiger partial charge >= 0.3 is 0 Å². The van der Waals surface area contributed by atoms with Gasteiger partial charge in [-0.05, 0) is 58.5 Å². The summed E-state index contributed by atoms with van der Waals surface area (Å²) in [6.45, 7) is 13.7. The minimum absolute atomic E-state index is 0.211. The maximum atomic E-state index is 6.69. The van der Waals surface area contributed by atoms with Gasteiger partial charge in [-0.3, -0.25) is 0 Å². The molecule has 24 heavy (non-hydrogen) atoms. The summed E-state index contributed by atoms with van der Waals surface area (Å²) in [7, 11) is 1.56. The zero-order valence-electron chi connectivity index (χ0n) is 16.5. The minimum atomic E-state index is -1.80. The van der Waals surface area contributed by atoms with Crippen molar-refractivity contribution in [3.63, 3.8) is 0 Å². The molecular formula is C19H33BrO3Si. The summed E-state index contributed by atoms with van der Waals surface area (Å²) in [5.74, 6) is 1.61. The lowest BCUT2D eigenvalue weighted by Crippen LogP contribution is -2.44. The summed E-state index contributed by atoms with van der Waals surface area (Å²) in [6, 6.07) is 3.97. The van der Waals surface area contributed by atoms with Crippen LogP contribution in [0.1, 0.15) is 46.1 Å². The molecule has 0 spiro atoms. The van der Waals surface area contributed by atoms with Crippen LogP contribution in [-0.2, 0) is 10.8 Å². The zero-order valence-corrected chi connectivity index (χ0v) is 19.0. The molecule has 0 saturated heterocycles. The summed E-state index contributed by atoms with van der Waals surface area (Å²) < 4.78 is 18.6. The number of hydrogen-bond donors (Lipinski definition) is 0. The lowest BCUT2D eigenvalue weighted by Gasteiger charge is -2.39. The van der Waals surface area contributed by atoms with Crippen LogP contribution in [0.2, 0.25) is 18.1 Å². The third-order valence-electron chi connectivity index (χ3n) is 4.87. The Balaban J connectivity index is 3.09. The summed E-state index contributed by atoms with van der Waals surface area (Å²) in [5, 5.41) is 0.211. The van der Waals surface area contributed by atoms with E-state index in [0.29, 0.717) is 0 Å². The normalized spacial score (nSPS) is 13.7. The number of methoxy groups -OCH3 is 2. The molecule has 0 bridgehead atoms. The zero-order chi connectivity index (χ0) is 18.5. The van der Waals surface area contributed by atoms with Gasteiger partial charge in [0.15, 0.2) is 8.32 Å². The van der Waals surface area contributed by atoms with Gasteiger partial charge < -0.3 is 13.9 Å². The number of ether oxygens (including phenoxy) is 2. The first kappa shape index (κ1) is 21.5. The molecule has 5 heteroatoms. The minimum Gasteiger partial charge on any atom is -0.497 e. The van der Waals surface area contributed by atoms with E-state index in [9.17, 15) is 0 Å². The molecule has 0 heterocycles. The summed E-state index contributed by atoms with van der Waals surface area (Å²) in [6.07, 6.45) is 3.23. The van der Waals surface area contributed by atoms with E-state index in [-0.39, 0.29) is 11.1 Å². The second-order valence-electron chi connectivity index (χ2n) is 7.80. The van der Waals surface area contributed by atoms with E-state index in [4.69, 9.17) is 13.9 Å². The van der Waals surface area contributed by atoms with Crippen molar-refractivity contribution in [1.29, 1.82) is 0 Å². The summed E-state index contributed by atoms with van der Waals surface area (Å²) >= 11 is 3.68. The standard InChI is InChI=1S/C19H33BrO3Si/c1-9-10-15(23-24(7,8)19(2,3)4)11-14-12-16(21-5)13-17(22-6)18(14)20/h12-13,15H,9-11H2,1-8H3. The number of hydrogen-bond acceptors (Lipinski definition) is 3. The van der Waals surface area contributed by atoms with Gasteiger partial charge in [-0.2, -0.15) is 0 Å². The van der Waals surface area contributed by atoms with E-state index in [2.05, 4.69) is 62.8 Å². The molecule has 0 aromatic heterocycles. The molecule has 0 aliphatic rings. The molecule has 0 aliphatic heterocycles. The van der Waals surface area contributed by atoms with Crippen molar-refractivity contribution in [1.82, 2.24) is 0 Å². The van der Waals surface area contributed by atoms with Crippen LogP contribution in [0.4, 0.5) is 0 Å². The van der Waals surface area contributed by atoms with E-state index in [1.54, 1.807) is 14.2 Å². The number of benzene rings is 1. The van der Waals surface area contributed by atoms with Gasteiger partial charge in [0.05, 0.1) is 18.7 Å². The second-order valence-corrected chi connectivity index (χ2v) is 13.3. The average molecular weight is 417 g/mol. The molecular weight excluding hydrogens is 384 g/mol. The molecule has 0 radical (unpaired) electrons. The van der Waals surface area contributed by atoms with Crippen LogP contribution >= 0.6 is 15.9 Å². The van der Waals surface area contributed by atoms with Gasteiger partial charge in [0, 0.05) is 12.2 Å². The summed E-state index contributed by atoms with van der Waals surface area (Å²) in [4.78, 5) is 0. The third kappa shape index (κ3) is 5.50. The smallest absolute Gasteiger partial charge is 0.192 e. The molecule has 0 N–H and O–H groups in total. The van der Waals surface area contributed by atoms with Crippen molar-refractivity contribution in [2.45, 2.75) is 71.2 Å². The van der Waals surface area contributed by atoms with Crippen molar-refractivity contribution < 1.29 is 13.9 Å². The highest BCUT2D eigenvalue weighted by molar-refractivity contribution is 9.10. The quantitative estimate of drug-likeness (QED) is 0.472. The first-order valence-corrected chi connectivity index (χ1v) is 12.3. The van der Waals surface area contributed by atoms with Gasteiger partial charge in [-0.25, -0.2) is 0 Å². The number of halogens is 1. The fourth-order valence-corrected chi connectivity index (χ4v) is 4.35. The average Bonchev–Trinajstić information content (AvgIpc) is 2.48. The van der Waals surface area contributed by atoms with E-state index in [1.165, 1.54) is 5.56 Å². The Kier molecular flexibility index (Phi) is 7.82. The Labute approximate surface area is 157 Å². The number of rotatable bonds is 8. The Morgan fingerprint density at radius 3 is 2.21 bits per heavy atom. The topological polar surface area (TPSA) is 27.7 Å². The monoisotopic (exact) mass is 416 g/mol. The van der Waals surface area contributed by atoms with Crippen LogP contribution in [0.25, 0.3) is 0 Å². The molecule has 1 aromatic carbocycles. The molecule has 138 valence electrons. The van der Waals surface area contributed by atoms with Gasteiger partial charge in [0.1, 0.15) is 11.5 Å². The van der Waals surface area contributed by atoms with E-state index < -0.39 is 8.32 Å². The maximum Gasteiger partial charge on any atom is 0.192 e. The van der Waals surface area contributed by atoms with Crippen molar-refractivity contribution in [2.75, 3.05) is 14.2 Å². The van der Waals surface area contributed by atoms with Gasteiger partial charge in [-0.1, -0.05) is 34.1 Å². The molecule has 3 nitrogen and oxygen atoms in total. The largest absolute Gasteiger partial charge is 0.497 e. The van der Waals surface area contributed by atoms with Crippen molar-refractivity contribution in [2.24, 2.45) is 0 Å². The fourth-order valence-electron chi connectivity index (χ4n) is 2.41. The fraction of sp³-hybridized carbons (Fsp3) is 0.684. The van der Waals surface area contributed by atoms with Crippen LogP contribution < -0.4 is 9.47 Å². The highest BCUT2D eigenvalue weighted by Crippen LogP contribution is 2.39. The lowest BCUT2D eigenvalue weighted by molar-refractivity contribution is 0.169. The predicted octanol–water partition coefficient (Wildman–Crippen LogP) is 6.20. The highest BCUT2D eigenvalue weighted by Gasteiger charge is 2.39. The van der Waals surface area contributed by atoms with Crippen LogP contribution in [0.15, 0.2) is 16.6 Å². The molecule has 1 aromatic rings. The van der Waals surface area contributed by atoms with E-state index >= 15 is 0 Å². The SMILES string of the molecule is CCCC(Cc1cc(OC)cc(OC)c1Br)O[Si](C)(C)C(C)(C)C. The maximum absolute atomic E-state index is 6.69. The Bertz CT molecular complexity index is 538. The first-order valence-electron chi connectivity index (χ1n) is 8.64. The molecule has 0 amide bonds. The molecule has 0 saturated carbocycles. The van der Waals surface area contributed by atoms with Crippen molar-refractivity contribution >= 4 is 24.2 Å². The third-order valence-corrected chi connectivity index (χ3v) is 10.3. The van der Waals surface area contributed by atoms with Crippen molar-refractivity contribution in [3.8, 4) is 11.5 Å². The van der Waals surface area contributed by atoms with Crippen LogP contribution in [-0.4, -0.2) is 28.6 Å². The molecule has 1 rings (SSSR count). The Hall–Kier alpha value is -0.523. The molecule has 1 unspecified atom stereocenters. The van der Waals surface area contributed by atoms with Crippen molar-refractivity contribution in [3.05, 3.63) is 22.2 Å². The summed E-state index contributed by atoms with van der Waals surface area (Å²) in [5.41, 5.74) is 1.17. The second kappa shape index (κ2) is 8.72. The lowest BCUT2D eigenvalue weighted by atomic mass is 10.0. The highest BCUT2D eigenvalue weighted by atomic mass is 79.9. The Morgan fingerprint density at radius 2 is 1.75 bits per heavy atom. The van der Waals surface area contributed by atoms with E-state index in [1.807, 2.05) is 6.07 Å². The first-order chi connectivity index (χ1) is 11.1. The molecule has 1 atom stereocenters. The van der Waals surface area contributed by atoms with Gasteiger partial charge in [0.2, 0.25) is 0 Å². The Morgan fingerprint density at radius 1 is 1.12 bits per heavy atom. The van der Waals surface area contributed by atoms with Crippen LogP contribution in [0.5, 0.6) is 11.5 Å². The van der Waals surface area contributed by atoms with Crippen LogP contribution in [0, 0.1) is 0 Å². The molecule has 0 fully saturated rings. The van der Waals surface area contributed by atoms with Gasteiger partial charge in [0.25, 0.3) is 0 Å². The van der Waals surface area contributed by atoms with Gasteiger partial charge in [-0.15, -0.1) is 0 Å². The van der Waals surface area contributed by atoms with E-state index in [0.717, 1.165) is 35.2 Å². The predicted molar refractivity (Wildman–Crippen MR) is 108 cm³/mol.